The van der Waals surface area contributed by atoms with Gasteiger partial charge in [0.1, 0.15) is 0 Å². The number of hydrogen-bond donors (Lipinski definition) is 1. The normalized spacial score (nSPS) is 14.7. The van der Waals surface area contributed by atoms with E-state index in [1.54, 1.807) is 6.08 Å². The van der Waals surface area contributed by atoms with Crippen molar-refractivity contribution in [1.82, 2.24) is 0 Å². The van der Waals surface area contributed by atoms with Gasteiger partial charge in [0, 0.05) is 23.2 Å². The number of hydrogen-bond acceptors (Lipinski definition) is 1. The number of allylic oxidation sites excluding steroid dienone is 12. The Balaban J connectivity index is 0.000000176. The smallest absolute Gasteiger partial charge is 0.0420 e. The molecule has 0 amide bonds. The van der Waals surface area contributed by atoms with Gasteiger partial charge in [-0.2, -0.15) is 0 Å². The monoisotopic (exact) mass is 812 g/mol. The second kappa shape index (κ2) is 20.7. The maximum atomic E-state index is 4.26. The molecule has 0 aromatic heterocycles. The third kappa shape index (κ3) is 9.91. The Morgan fingerprint density at radius 2 is 1.45 bits per heavy atom. The van der Waals surface area contributed by atoms with Gasteiger partial charge in [0.05, 0.1) is 0 Å². The molecular formula is C61H65N. The Morgan fingerprint density at radius 3 is 2.08 bits per heavy atom. The topological polar surface area (TPSA) is 12.0 Å². The molecule has 5 aromatic carbocycles. The van der Waals surface area contributed by atoms with E-state index >= 15 is 0 Å². The lowest BCUT2D eigenvalue weighted by atomic mass is 9.81. The van der Waals surface area contributed by atoms with Crippen molar-refractivity contribution in [2.45, 2.75) is 74.1 Å². The number of fused-ring (bicyclic) bond motifs is 4. The Morgan fingerprint density at radius 1 is 0.710 bits per heavy atom. The van der Waals surface area contributed by atoms with Gasteiger partial charge in [0.25, 0.3) is 0 Å². The summed E-state index contributed by atoms with van der Waals surface area (Å²) in [6, 6.07) is 34.6. The first-order valence-corrected chi connectivity index (χ1v) is 21.6. The number of nitrogens with one attached hydrogen (secondary N) is 1. The zero-order chi connectivity index (χ0) is 45.1. The predicted molar refractivity (Wildman–Crippen MR) is 277 cm³/mol. The standard InChI is InChI=1S/C21H26.C20H19N.C20H20/c1-7-11-12-18(9-3)19-14-13-17(6)21(15-19)20(10-4)16(5)8-2;1-4-20(21-17-10-7-8-14(2)12-17)19-13-16-9-5-6-11-18(16)15(19)3;1-6-14-9-11-17-19(15(14)7-2)16-10-8-13(3)12-18(16)20(17,4)5/h7-15H,1H2,2-6H3;4-12,21H,1,3,13H2,2H3;6-12H,1-2H2,3-5H3/b12-11-,16-8-,18-9+,20-10+;20-19+;. The van der Waals surface area contributed by atoms with E-state index in [2.05, 4.69) is 222 Å². The Bertz CT molecular complexity index is 2690. The van der Waals surface area contributed by atoms with E-state index in [1.807, 2.05) is 24.3 Å². The molecule has 0 saturated heterocycles. The summed E-state index contributed by atoms with van der Waals surface area (Å²) in [5, 5.41) is 3.48. The highest BCUT2D eigenvalue weighted by Gasteiger charge is 2.36. The average molecular weight is 812 g/mol. The van der Waals surface area contributed by atoms with Crippen LogP contribution in [0.5, 0.6) is 0 Å². The average Bonchev–Trinajstić information content (AvgIpc) is 3.73. The van der Waals surface area contributed by atoms with Gasteiger partial charge in [0.15, 0.2) is 0 Å². The molecule has 1 N–H and O–H groups in total. The molecule has 0 radical (unpaired) electrons. The zero-order valence-electron chi connectivity index (χ0n) is 38.7. The fourth-order valence-corrected chi connectivity index (χ4v) is 8.57. The SMILES string of the molecule is C=C/C(Nc1cccc(C)c1)=C1/Cc2ccccc2C1=C.C=C/C=C\C(=C/C)c1ccc(C)c(C(=C/C)/C(C)=C\C)c1.C=Cc1ccc2c(c1C=C)-c1ccc(C)cc1C2(C)C. The molecule has 314 valence electrons. The number of rotatable bonds is 10. The molecular weight excluding hydrogens is 747 g/mol. The molecule has 0 spiro atoms. The minimum Gasteiger partial charge on any atom is -0.355 e. The van der Waals surface area contributed by atoms with Gasteiger partial charge >= 0.3 is 0 Å². The van der Waals surface area contributed by atoms with E-state index < -0.39 is 0 Å². The van der Waals surface area contributed by atoms with Crippen LogP contribution < -0.4 is 5.32 Å². The summed E-state index contributed by atoms with van der Waals surface area (Å²) in [5.74, 6) is 0. The minimum atomic E-state index is 0.0497. The van der Waals surface area contributed by atoms with Crippen molar-refractivity contribution >= 4 is 34.6 Å². The summed E-state index contributed by atoms with van der Waals surface area (Å²) in [4.78, 5) is 0. The van der Waals surface area contributed by atoms with Crippen LogP contribution in [0.25, 0.3) is 40.0 Å². The predicted octanol–water partition coefficient (Wildman–Crippen LogP) is 17.2. The lowest BCUT2D eigenvalue weighted by Crippen LogP contribution is -2.15. The molecule has 7 rings (SSSR count). The van der Waals surface area contributed by atoms with Crippen molar-refractivity contribution < 1.29 is 0 Å². The second-order valence-electron chi connectivity index (χ2n) is 16.5. The Hall–Kier alpha value is -6.70. The Kier molecular flexibility index (Phi) is 15.5. The zero-order valence-corrected chi connectivity index (χ0v) is 38.7. The van der Waals surface area contributed by atoms with E-state index in [9.17, 15) is 0 Å². The molecule has 1 nitrogen and oxygen atoms in total. The van der Waals surface area contributed by atoms with Crippen LogP contribution in [0, 0.1) is 20.8 Å². The molecule has 0 fully saturated rings. The molecule has 0 atom stereocenters. The van der Waals surface area contributed by atoms with Crippen LogP contribution in [0.4, 0.5) is 5.69 Å². The van der Waals surface area contributed by atoms with Gasteiger partial charge in [-0.3, -0.25) is 0 Å². The highest BCUT2D eigenvalue weighted by atomic mass is 14.9. The first-order chi connectivity index (χ1) is 29.8. The van der Waals surface area contributed by atoms with Crippen molar-refractivity contribution in [2.75, 3.05) is 5.32 Å². The fraction of sp³-hybridized carbons (Fsp3) is 0.180. The third-order valence-electron chi connectivity index (χ3n) is 12.1. The van der Waals surface area contributed by atoms with Gasteiger partial charge in [-0.15, -0.1) is 0 Å². The molecule has 0 heterocycles. The largest absolute Gasteiger partial charge is 0.355 e. The molecule has 1 heteroatoms. The maximum absolute atomic E-state index is 4.26. The highest BCUT2D eigenvalue weighted by Crippen LogP contribution is 2.51. The molecule has 0 aliphatic heterocycles. The van der Waals surface area contributed by atoms with Crippen LogP contribution in [-0.2, 0) is 11.8 Å². The van der Waals surface area contributed by atoms with Crippen LogP contribution >= 0.6 is 0 Å². The van der Waals surface area contributed by atoms with Crippen LogP contribution in [0.3, 0.4) is 0 Å². The number of aryl methyl sites for hydroxylation is 3. The van der Waals surface area contributed by atoms with Gasteiger partial charge in [-0.05, 0) is 167 Å². The fourth-order valence-electron chi connectivity index (χ4n) is 8.57. The van der Waals surface area contributed by atoms with Crippen molar-refractivity contribution in [3.63, 3.8) is 0 Å². The lowest BCUT2D eigenvalue weighted by molar-refractivity contribution is 0.659. The van der Waals surface area contributed by atoms with E-state index in [0.717, 1.165) is 28.9 Å². The summed E-state index contributed by atoms with van der Waals surface area (Å²) in [6.07, 6.45) is 19.0. The molecule has 5 aromatic rings. The Labute approximate surface area is 374 Å². The second-order valence-corrected chi connectivity index (χ2v) is 16.5. The maximum Gasteiger partial charge on any atom is 0.0420 e. The van der Waals surface area contributed by atoms with Crippen LogP contribution in [0.15, 0.2) is 189 Å². The molecule has 0 bridgehead atoms. The van der Waals surface area contributed by atoms with E-state index in [-0.39, 0.29) is 5.41 Å². The van der Waals surface area contributed by atoms with Crippen LogP contribution in [0.2, 0.25) is 0 Å². The van der Waals surface area contributed by atoms with Gasteiger partial charge in [-0.25, -0.2) is 0 Å². The van der Waals surface area contributed by atoms with Crippen molar-refractivity contribution in [3.8, 4) is 11.1 Å². The van der Waals surface area contributed by atoms with E-state index in [4.69, 9.17) is 0 Å². The lowest BCUT2D eigenvalue weighted by Gasteiger charge is -2.22. The molecule has 2 aliphatic carbocycles. The first-order valence-electron chi connectivity index (χ1n) is 21.6. The summed E-state index contributed by atoms with van der Waals surface area (Å²) in [5.41, 5.74) is 25.1. The van der Waals surface area contributed by atoms with Crippen molar-refractivity contribution in [2.24, 2.45) is 0 Å². The van der Waals surface area contributed by atoms with E-state index in [1.165, 1.54) is 89.1 Å². The number of benzene rings is 5. The van der Waals surface area contributed by atoms with Gasteiger partial charge < -0.3 is 5.32 Å². The highest BCUT2D eigenvalue weighted by molar-refractivity contribution is 5.90. The summed E-state index contributed by atoms with van der Waals surface area (Å²) in [7, 11) is 0. The summed E-state index contributed by atoms with van der Waals surface area (Å²) in [6.45, 7) is 39.3. The van der Waals surface area contributed by atoms with E-state index in [0.29, 0.717) is 0 Å². The van der Waals surface area contributed by atoms with Crippen LogP contribution in [-0.4, -0.2) is 0 Å². The van der Waals surface area contributed by atoms with Gasteiger partial charge in [-0.1, -0.05) is 180 Å². The number of anilines is 1. The van der Waals surface area contributed by atoms with Crippen molar-refractivity contribution in [3.05, 3.63) is 251 Å². The molecule has 0 saturated carbocycles. The van der Waals surface area contributed by atoms with Gasteiger partial charge in [0.2, 0.25) is 0 Å². The summed E-state index contributed by atoms with van der Waals surface area (Å²) >= 11 is 0. The quantitative estimate of drug-likeness (QED) is 0.139. The molecule has 2 aliphatic rings. The first kappa shape index (κ1) is 46.4. The summed E-state index contributed by atoms with van der Waals surface area (Å²) < 4.78 is 0. The molecule has 0 unspecified atom stereocenters. The van der Waals surface area contributed by atoms with Crippen LogP contribution in [0.1, 0.15) is 103 Å². The third-order valence-corrected chi connectivity index (χ3v) is 12.1. The van der Waals surface area contributed by atoms with Crippen molar-refractivity contribution in [1.29, 1.82) is 0 Å². The molecule has 62 heavy (non-hydrogen) atoms. The minimum absolute atomic E-state index is 0.0497.